The molecule has 0 aliphatic heterocycles. The second kappa shape index (κ2) is 4.90. The van der Waals surface area contributed by atoms with Gasteiger partial charge in [-0.25, -0.2) is 14.8 Å². The number of hydrogen-bond acceptors (Lipinski definition) is 5. The van der Waals surface area contributed by atoms with Crippen molar-refractivity contribution in [2.45, 2.75) is 19.3 Å². The predicted molar refractivity (Wildman–Crippen MR) is 76.3 cm³/mol. The molecule has 2 aromatic rings. The van der Waals surface area contributed by atoms with Gasteiger partial charge in [-0.2, -0.15) is 0 Å². The summed E-state index contributed by atoms with van der Waals surface area (Å²) in [6, 6.07) is 1.53. The second-order valence-corrected chi connectivity index (χ2v) is 6.22. The SMILES string of the molecule is O=C(O)c1cc(Br)cnc1Nc1nc2c(s1)CCC2. The van der Waals surface area contributed by atoms with Gasteiger partial charge in [0.25, 0.3) is 0 Å². The van der Waals surface area contributed by atoms with Crippen molar-refractivity contribution in [1.82, 2.24) is 9.97 Å². The van der Waals surface area contributed by atoms with E-state index in [1.807, 2.05) is 0 Å². The van der Waals surface area contributed by atoms with Crippen LogP contribution >= 0.6 is 27.3 Å². The zero-order chi connectivity index (χ0) is 13.4. The van der Waals surface area contributed by atoms with Crippen LogP contribution in [0.15, 0.2) is 16.7 Å². The van der Waals surface area contributed by atoms with Gasteiger partial charge in [-0.3, -0.25) is 0 Å². The third kappa shape index (κ3) is 2.48. The van der Waals surface area contributed by atoms with Crippen LogP contribution in [0.3, 0.4) is 0 Å². The Kier molecular flexibility index (Phi) is 3.24. The van der Waals surface area contributed by atoms with Crippen molar-refractivity contribution in [2.24, 2.45) is 0 Å². The van der Waals surface area contributed by atoms with Crippen LogP contribution in [0.25, 0.3) is 0 Å². The maximum absolute atomic E-state index is 11.2. The number of aromatic nitrogens is 2. The van der Waals surface area contributed by atoms with Crippen LogP contribution in [-0.2, 0) is 12.8 Å². The number of carboxylic acid groups (broad SMARTS) is 1. The first-order valence-corrected chi connectivity index (χ1v) is 7.39. The molecular formula is C12H10BrN3O2S. The van der Waals surface area contributed by atoms with Crippen molar-refractivity contribution < 1.29 is 9.90 Å². The normalized spacial score (nSPS) is 13.3. The van der Waals surface area contributed by atoms with E-state index in [0.29, 0.717) is 15.4 Å². The molecule has 98 valence electrons. The molecule has 0 amide bonds. The maximum Gasteiger partial charge on any atom is 0.339 e. The number of halogens is 1. The number of nitrogens with zero attached hydrogens (tertiary/aromatic N) is 2. The topological polar surface area (TPSA) is 75.1 Å². The largest absolute Gasteiger partial charge is 0.478 e. The average molecular weight is 340 g/mol. The van der Waals surface area contributed by atoms with Gasteiger partial charge < -0.3 is 10.4 Å². The number of fused-ring (bicyclic) bond motifs is 1. The molecule has 0 saturated heterocycles. The van der Waals surface area contributed by atoms with Gasteiger partial charge in [0, 0.05) is 15.5 Å². The Morgan fingerprint density at radius 1 is 1.47 bits per heavy atom. The molecule has 1 aliphatic rings. The zero-order valence-corrected chi connectivity index (χ0v) is 12.2. The number of carboxylic acids is 1. The minimum absolute atomic E-state index is 0.129. The summed E-state index contributed by atoms with van der Waals surface area (Å²) < 4.78 is 0.636. The minimum Gasteiger partial charge on any atom is -0.478 e. The smallest absolute Gasteiger partial charge is 0.339 e. The Bertz CT molecular complexity index is 635. The highest BCUT2D eigenvalue weighted by Gasteiger charge is 2.18. The van der Waals surface area contributed by atoms with E-state index in [1.165, 1.54) is 10.9 Å². The number of carbonyl (C=O) groups is 1. The lowest BCUT2D eigenvalue weighted by atomic mass is 10.2. The van der Waals surface area contributed by atoms with Crippen molar-refractivity contribution in [3.05, 3.63) is 32.9 Å². The van der Waals surface area contributed by atoms with Crippen LogP contribution in [0.2, 0.25) is 0 Å². The number of thiazole rings is 1. The third-order valence-corrected chi connectivity index (χ3v) is 4.41. The van der Waals surface area contributed by atoms with Crippen LogP contribution in [0.4, 0.5) is 10.9 Å². The molecule has 7 heteroatoms. The van der Waals surface area contributed by atoms with Crippen molar-refractivity contribution in [2.75, 3.05) is 5.32 Å². The fraction of sp³-hybridized carbons (Fsp3) is 0.250. The Labute approximate surface area is 121 Å². The van der Waals surface area contributed by atoms with Crippen LogP contribution in [-0.4, -0.2) is 21.0 Å². The predicted octanol–water partition coefficient (Wildman–Crippen LogP) is 3.23. The van der Waals surface area contributed by atoms with Gasteiger partial charge >= 0.3 is 5.97 Å². The molecule has 2 aromatic heterocycles. The third-order valence-electron chi connectivity index (χ3n) is 2.91. The van der Waals surface area contributed by atoms with Gasteiger partial charge in [-0.1, -0.05) is 0 Å². The van der Waals surface area contributed by atoms with Gasteiger partial charge in [0.1, 0.15) is 11.4 Å². The average Bonchev–Trinajstić information content (AvgIpc) is 2.91. The first kappa shape index (κ1) is 12.6. The summed E-state index contributed by atoms with van der Waals surface area (Å²) in [5.41, 5.74) is 1.26. The van der Waals surface area contributed by atoms with E-state index in [4.69, 9.17) is 5.11 Å². The number of pyridine rings is 1. The Morgan fingerprint density at radius 3 is 3.05 bits per heavy atom. The molecule has 0 saturated carbocycles. The molecule has 0 radical (unpaired) electrons. The molecule has 0 aromatic carbocycles. The van der Waals surface area contributed by atoms with Crippen molar-refractivity contribution in [3.8, 4) is 0 Å². The Morgan fingerprint density at radius 2 is 2.32 bits per heavy atom. The van der Waals surface area contributed by atoms with E-state index in [0.717, 1.165) is 25.0 Å². The molecule has 0 fully saturated rings. The lowest BCUT2D eigenvalue weighted by molar-refractivity contribution is 0.0697. The summed E-state index contributed by atoms with van der Waals surface area (Å²) in [7, 11) is 0. The van der Waals surface area contributed by atoms with Crippen molar-refractivity contribution in [3.63, 3.8) is 0 Å². The molecular weight excluding hydrogens is 330 g/mol. The number of anilines is 2. The zero-order valence-electron chi connectivity index (χ0n) is 9.81. The van der Waals surface area contributed by atoms with Gasteiger partial charge in [0.2, 0.25) is 0 Å². The van der Waals surface area contributed by atoms with Gasteiger partial charge in [0.05, 0.1) is 5.69 Å². The van der Waals surface area contributed by atoms with E-state index < -0.39 is 5.97 Å². The Balaban J connectivity index is 1.92. The van der Waals surface area contributed by atoms with Gasteiger partial charge in [-0.15, -0.1) is 11.3 Å². The first-order valence-electron chi connectivity index (χ1n) is 5.78. The minimum atomic E-state index is -1.01. The van der Waals surface area contributed by atoms with E-state index >= 15 is 0 Å². The van der Waals surface area contributed by atoms with Crippen molar-refractivity contribution in [1.29, 1.82) is 0 Å². The second-order valence-electron chi connectivity index (χ2n) is 4.22. The molecule has 0 bridgehead atoms. The number of nitrogens with one attached hydrogen (secondary N) is 1. The van der Waals surface area contributed by atoms with Crippen molar-refractivity contribution >= 4 is 44.2 Å². The first-order chi connectivity index (χ1) is 9.13. The monoisotopic (exact) mass is 339 g/mol. The molecule has 2 N–H and O–H groups in total. The van der Waals surface area contributed by atoms with Gasteiger partial charge in [-0.05, 0) is 41.3 Å². The molecule has 0 unspecified atom stereocenters. The van der Waals surface area contributed by atoms with E-state index in [2.05, 4.69) is 31.2 Å². The van der Waals surface area contributed by atoms with E-state index in [-0.39, 0.29) is 5.56 Å². The van der Waals surface area contributed by atoms with Crippen LogP contribution in [0.5, 0.6) is 0 Å². The van der Waals surface area contributed by atoms with E-state index in [9.17, 15) is 4.79 Å². The molecule has 0 spiro atoms. The summed E-state index contributed by atoms with van der Waals surface area (Å²) in [6.07, 6.45) is 4.79. The number of rotatable bonds is 3. The van der Waals surface area contributed by atoms with Crippen LogP contribution < -0.4 is 5.32 Å². The summed E-state index contributed by atoms with van der Waals surface area (Å²) in [5.74, 6) is -0.691. The number of hydrogen-bond donors (Lipinski definition) is 2. The molecule has 0 atom stereocenters. The fourth-order valence-corrected chi connectivity index (χ4v) is 3.43. The number of aryl methyl sites for hydroxylation is 2. The van der Waals surface area contributed by atoms with Crippen LogP contribution in [0.1, 0.15) is 27.3 Å². The lowest BCUT2D eigenvalue weighted by Gasteiger charge is -2.06. The summed E-state index contributed by atoms with van der Waals surface area (Å²) >= 11 is 4.79. The summed E-state index contributed by atoms with van der Waals surface area (Å²) in [5, 5.41) is 12.9. The molecule has 3 rings (SSSR count). The fourth-order valence-electron chi connectivity index (χ4n) is 2.05. The molecule has 2 heterocycles. The highest BCUT2D eigenvalue weighted by Crippen LogP contribution is 2.32. The standard InChI is InChI=1S/C12H10BrN3O2S/c13-6-4-7(11(17)18)10(14-5-6)16-12-15-8-2-1-3-9(8)19-12/h4-5H,1-3H2,(H,17,18)(H,14,15,16). The molecule has 19 heavy (non-hydrogen) atoms. The van der Waals surface area contributed by atoms with Gasteiger partial charge in [0.15, 0.2) is 5.13 Å². The summed E-state index contributed by atoms with van der Waals surface area (Å²) in [4.78, 5) is 21.1. The summed E-state index contributed by atoms with van der Waals surface area (Å²) in [6.45, 7) is 0. The highest BCUT2D eigenvalue weighted by atomic mass is 79.9. The highest BCUT2D eigenvalue weighted by molar-refractivity contribution is 9.10. The maximum atomic E-state index is 11.2. The lowest BCUT2D eigenvalue weighted by Crippen LogP contribution is -2.04. The van der Waals surface area contributed by atoms with Crippen LogP contribution in [0, 0.1) is 0 Å². The van der Waals surface area contributed by atoms with E-state index in [1.54, 1.807) is 17.5 Å². The molecule has 5 nitrogen and oxygen atoms in total. The number of aromatic carboxylic acids is 1. The quantitative estimate of drug-likeness (QED) is 0.897. The Hall–Kier alpha value is -1.47. The molecule has 1 aliphatic carbocycles.